The molecule has 3 rings (SSSR count). The number of carboxylic acids is 1. The molecule has 3 aliphatic rings. The molecule has 3 atom stereocenters. The van der Waals surface area contributed by atoms with E-state index in [1.807, 2.05) is 0 Å². The van der Waals surface area contributed by atoms with Crippen LogP contribution < -0.4 is 0 Å². The summed E-state index contributed by atoms with van der Waals surface area (Å²) >= 11 is 0. The fourth-order valence-electron chi connectivity index (χ4n) is 3.22. The average Bonchev–Trinajstić information content (AvgIpc) is 2.16. The number of alkyl halides is 3. The highest BCUT2D eigenvalue weighted by atomic mass is 19.4. The molecule has 3 unspecified atom stereocenters. The Balaban J connectivity index is 1.95. The van der Waals surface area contributed by atoms with Crippen LogP contribution in [0.2, 0.25) is 0 Å². The largest absolute Gasteiger partial charge is 0.481 e. The third kappa shape index (κ3) is 3.12. The highest BCUT2D eigenvalue weighted by Crippen LogP contribution is 2.41. The van der Waals surface area contributed by atoms with Crippen molar-refractivity contribution in [2.45, 2.75) is 37.9 Å². The summed E-state index contributed by atoms with van der Waals surface area (Å²) in [6.07, 6.45) is -1.80. The summed E-state index contributed by atoms with van der Waals surface area (Å²) < 4.78 is 37.0. The van der Waals surface area contributed by atoms with Crippen molar-refractivity contribution in [1.29, 1.82) is 0 Å². The van der Waals surface area contributed by atoms with Crippen LogP contribution in [0.5, 0.6) is 0 Å². The van der Waals surface area contributed by atoms with E-state index in [1.165, 1.54) is 4.90 Å². The normalized spacial score (nSPS) is 33.9. The van der Waals surface area contributed by atoms with Gasteiger partial charge in [0, 0.05) is 19.0 Å². The Morgan fingerprint density at radius 1 is 1.35 bits per heavy atom. The monoisotopic (exact) mass is 251 g/mol. The zero-order valence-electron chi connectivity index (χ0n) is 9.41. The number of nitrogens with zero attached hydrogens (tertiary/aromatic N) is 1. The molecule has 0 amide bonds. The number of rotatable bonds is 3. The van der Waals surface area contributed by atoms with Crippen LogP contribution in [0.15, 0.2) is 0 Å². The number of carbonyl (C=O) groups is 1. The van der Waals surface area contributed by atoms with Crippen LogP contribution in [0.3, 0.4) is 0 Å². The van der Waals surface area contributed by atoms with E-state index in [4.69, 9.17) is 5.11 Å². The molecule has 2 aliphatic heterocycles. The molecule has 0 aromatic rings. The van der Waals surface area contributed by atoms with E-state index < -0.39 is 18.7 Å². The summed E-state index contributed by atoms with van der Waals surface area (Å²) in [6, 6.07) is -0.0778. The molecule has 2 heterocycles. The Bertz CT molecular complexity index is 306. The molecule has 3 nitrogen and oxygen atoms in total. The van der Waals surface area contributed by atoms with Crippen LogP contribution in [0.25, 0.3) is 0 Å². The molecule has 0 spiro atoms. The Morgan fingerprint density at radius 2 is 2.06 bits per heavy atom. The lowest BCUT2D eigenvalue weighted by atomic mass is 9.71. The van der Waals surface area contributed by atoms with Gasteiger partial charge >= 0.3 is 12.1 Å². The summed E-state index contributed by atoms with van der Waals surface area (Å²) in [4.78, 5) is 12.1. The summed E-state index contributed by atoms with van der Waals surface area (Å²) in [7, 11) is 0. The molecule has 1 N–H and O–H groups in total. The van der Waals surface area contributed by atoms with E-state index in [0.717, 1.165) is 12.8 Å². The molecule has 6 heteroatoms. The van der Waals surface area contributed by atoms with Gasteiger partial charge in [-0.3, -0.25) is 9.69 Å². The van der Waals surface area contributed by atoms with Crippen molar-refractivity contribution in [3.8, 4) is 0 Å². The number of carboxylic acid groups (broad SMARTS) is 1. The molecule has 0 aromatic heterocycles. The highest BCUT2D eigenvalue weighted by molar-refractivity contribution is 5.67. The van der Waals surface area contributed by atoms with E-state index in [0.29, 0.717) is 13.0 Å². The quantitative estimate of drug-likeness (QED) is 0.835. The van der Waals surface area contributed by atoms with Crippen molar-refractivity contribution in [3.05, 3.63) is 0 Å². The van der Waals surface area contributed by atoms with Gasteiger partial charge < -0.3 is 5.11 Å². The lowest BCUT2D eigenvalue weighted by Crippen LogP contribution is -2.54. The molecule has 0 radical (unpaired) electrons. The molecule has 0 aromatic carbocycles. The lowest BCUT2D eigenvalue weighted by molar-refractivity contribution is -0.166. The van der Waals surface area contributed by atoms with Gasteiger partial charge in [0.2, 0.25) is 0 Å². The van der Waals surface area contributed by atoms with Gasteiger partial charge in [0.05, 0.1) is 6.54 Å². The zero-order valence-corrected chi connectivity index (χ0v) is 9.41. The molecular weight excluding hydrogens is 235 g/mol. The van der Waals surface area contributed by atoms with Crippen LogP contribution >= 0.6 is 0 Å². The van der Waals surface area contributed by atoms with Crippen molar-refractivity contribution in [3.63, 3.8) is 0 Å². The first kappa shape index (κ1) is 12.7. The maximum absolute atomic E-state index is 12.3. The molecular formula is C11H16F3NO2. The predicted octanol–water partition coefficient (Wildman–Crippen LogP) is 2.12. The number of fused-ring (bicyclic) bond motifs is 3. The van der Waals surface area contributed by atoms with E-state index >= 15 is 0 Å². The summed E-state index contributed by atoms with van der Waals surface area (Å²) in [5.41, 5.74) is 0. The third-order valence-corrected chi connectivity index (χ3v) is 3.92. The summed E-state index contributed by atoms with van der Waals surface area (Å²) in [5, 5.41) is 8.75. The lowest BCUT2D eigenvalue weighted by Gasteiger charge is -2.49. The van der Waals surface area contributed by atoms with Crippen molar-refractivity contribution < 1.29 is 23.1 Å². The smallest absolute Gasteiger partial charge is 0.401 e. The standard InChI is InChI=1S/C11H16F3NO2/c12-11(13,14)6-15-5-7-1-2-9(15)3-8(7)4-10(16)17/h7-9H,1-6H2,(H,16,17). The number of hydrogen-bond acceptors (Lipinski definition) is 2. The molecule has 1 aliphatic carbocycles. The van der Waals surface area contributed by atoms with Crippen molar-refractivity contribution in [2.24, 2.45) is 11.8 Å². The van der Waals surface area contributed by atoms with Gasteiger partial charge in [-0.05, 0) is 31.1 Å². The second-order valence-electron chi connectivity index (χ2n) is 5.13. The number of hydrogen-bond donors (Lipinski definition) is 1. The van der Waals surface area contributed by atoms with Crippen molar-refractivity contribution in [1.82, 2.24) is 4.90 Å². The Kier molecular flexibility index (Phi) is 3.34. The van der Waals surface area contributed by atoms with Crippen molar-refractivity contribution in [2.75, 3.05) is 13.1 Å². The van der Waals surface area contributed by atoms with E-state index in [9.17, 15) is 18.0 Å². The Labute approximate surface area is 97.6 Å². The van der Waals surface area contributed by atoms with E-state index in [2.05, 4.69) is 0 Å². The second kappa shape index (κ2) is 4.48. The molecule has 1 saturated carbocycles. The van der Waals surface area contributed by atoms with Crippen LogP contribution in [0, 0.1) is 11.8 Å². The van der Waals surface area contributed by atoms with Crippen LogP contribution in [0.1, 0.15) is 25.7 Å². The number of aliphatic carboxylic acids is 1. The van der Waals surface area contributed by atoms with Crippen molar-refractivity contribution >= 4 is 5.97 Å². The molecule has 2 saturated heterocycles. The van der Waals surface area contributed by atoms with Gasteiger partial charge in [-0.2, -0.15) is 13.2 Å². The van der Waals surface area contributed by atoms with Gasteiger partial charge in [0.25, 0.3) is 0 Å². The first-order chi connectivity index (χ1) is 7.85. The zero-order chi connectivity index (χ0) is 12.6. The maximum Gasteiger partial charge on any atom is 0.401 e. The van der Waals surface area contributed by atoms with Gasteiger partial charge in [-0.25, -0.2) is 0 Å². The first-order valence-corrected chi connectivity index (χ1v) is 5.88. The van der Waals surface area contributed by atoms with Gasteiger partial charge in [-0.1, -0.05) is 0 Å². The van der Waals surface area contributed by atoms with Gasteiger partial charge in [0.15, 0.2) is 0 Å². The fraction of sp³-hybridized carbons (Fsp3) is 0.909. The van der Waals surface area contributed by atoms with E-state index in [1.54, 1.807) is 0 Å². The molecule has 3 fully saturated rings. The number of piperidine rings is 2. The minimum atomic E-state index is -4.15. The first-order valence-electron chi connectivity index (χ1n) is 5.88. The van der Waals surface area contributed by atoms with Gasteiger partial charge in [-0.15, -0.1) is 0 Å². The second-order valence-corrected chi connectivity index (χ2v) is 5.13. The number of halogens is 3. The molecule has 98 valence electrons. The Hall–Kier alpha value is -0.780. The Morgan fingerprint density at radius 3 is 2.53 bits per heavy atom. The minimum absolute atomic E-state index is 0.0655. The SMILES string of the molecule is O=C(O)CC1CC2CCC1CN2CC(F)(F)F. The summed E-state index contributed by atoms with van der Waals surface area (Å²) in [5.74, 6) is -0.654. The van der Waals surface area contributed by atoms with Crippen LogP contribution in [-0.2, 0) is 4.79 Å². The summed E-state index contributed by atoms with van der Waals surface area (Å²) in [6.45, 7) is -0.448. The molecule has 17 heavy (non-hydrogen) atoms. The average molecular weight is 251 g/mol. The molecule has 2 bridgehead atoms. The van der Waals surface area contributed by atoms with Crippen LogP contribution in [-0.4, -0.2) is 41.3 Å². The predicted molar refractivity (Wildman–Crippen MR) is 54.5 cm³/mol. The minimum Gasteiger partial charge on any atom is -0.481 e. The van der Waals surface area contributed by atoms with Crippen LogP contribution in [0.4, 0.5) is 13.2 Å². The highest BCUT2D eigenvalue weighted by Gasteiger charge is 2.44. The third-order valence-electron chi connectivity index (χ3n) is 3.92. The topological polar surface area (TPSA) is 40.5 Å². The van der Waals surface area contributed by atoms with E-state index in [-0.39, 0.29) is 24.3 Å². The van der Waals surface area contributed by atoms with Gasteiger partial charge in [0.1, 0.15) is 0 Å². The maximum atomic E-state index is 12.3. The fourth-order valence-corrected chi connectivity index (χ4v) is 3.22.